The van der Waals surface area contributed by atoms with Crippen LogP contribution in [0.2, 0.25) is 0 Å². The number of hydrogen-bond acceptors (Lipinski definition) is 8. The van der Waals surface area contributed by atoms with E-state index < -0.39 is 47.7 Å². The fraction of sp³-hybridized carbons (Fsp3) is 0.632. The van der Waals surface area contributed by atoms with Gasteiger partial charge in [-0.1, -0.05) is 12.7 Å². The maximum Gasteiger partial charge on any atom is 0.334 e. The topological polar surface area (TPSA) is 112 Å². The van der Waals surface area contributed by atoms with E-state index in [1.54, 1.807) is 0 Å². The second kappa shape index (κ2) is 7.44. The van der Waals surface area contributed by atoms with Crippen molar-refractivity contribution in [3.05, 3.63) is 23.8 Å². The molecule has 0 saturated carbocycles. The summed E-state index contributed by atoms with van der Waals surface area (Å²) in [6.45, 7) is 6.26. The first-order valence-electron chi connectivity index (χ1n) is 8.94. The largest absolute Gasteiger partial charge is 0.461 e. The lowest BCUT2D eigenvalue weighted by Crippen LogP contribution is -2.39. The average Bonchev–Trinajstić information content (AvgIpc) is 3.24. The number of aliphatic hydroxyl groups excluding tert-OH is 1. The van der Waals surface area contributed by atoms with Crippen molar-refractivity contribution in [3.8, 4) is 0 Å². The molecule has 0 spiro atoms. The number of hydrogen-bond donors (Lipinski definition) is 1. The number of rotatable bonds is 4. The maximum absolute atomic E-state index is 12.2. The van der Waals surface area contributed by atoms with Crippen molar-refractivity contribution in [1.29, 1.82) is 0 Å². The third-order valence-electron chi connectivity index (χ3n) is 5.29. The van der Waals surface area contributed by atoms with E-state index in [4.69, 9.17) is 18.9 Å². The van der Waals surface area contributed by atoms with Crippen LogP contribution < -0.4 is 0 Å². The number of ether oxygens (including phenoxy) is 4. The molecule has 0 radical (unpaired) electrons. The minimum absolute atomic E-state index is 0.0577. The van der Waals surface area contributed by atoms with E-state index in [2.05, 4.69) is 6.58 Å². The summed E-state index contributed by atoms with van der Waals surface area (Å²) in [6.07, 6.45) is 1.41. The van der Waals surface area contributed by atoms with Gasteiger partial charge in [-0.2, -0.15) is 0 Å². The summed E-state index contributed by atoms with van der Waals surface area (Å²) in [7, 11) is 0. The highest BCUT2D eigenvalue weighted by Crippen LogP contribution is 2.50. The minimum Gasteiger partial charge on any atom is -0.461 e. The van der Waals surface area contributed by atoms with Crippen molar-refractivity contribution in [2.24, 2.45) is 5.92 Å². The second-order valence-corrected chi connectivity index (χ2v) is 7.22. The molecule has 5 atom stereocenters. The van der Waals surface area contributed by atoms with Crippen LogP contribution in [0.1, 0.15) is 33.1 Å². The zero-order valence-electron chi connectivity index (χ0n) is 15.4. The van der Waals surface area contributed by atoms with Gasteiger partial charge in [0.25, 0.3) is 0 Å². The molecular formula is C19H24O8. The molecule has 8 heteroatoms. The first-order valence-corrected chi connectivity index (χ1v) is 8.94. The van der Waals surface area contributed by atoms with Crippen molar-refractivity contribution in [2.75, 3.05) is 13.2 Å². The molecule has 0 aromatic carbocycles. The second-order valence-electron chi connectivity index (χ2n) is 7.22. The number of fused-ring (bicyclic) bond motifs is 3. The van der Waals surface area contributed by atoms with Gasteiger partial charge in [-0.05, 0) is 18.4 Å². The number of carbonyl (C=O) groups is 3. The first-order chi connectivity index (χ1) is 12.8. The Kier molecular flexibility index (Phi) is 5.39. The Morgan fingerprint density at radius 1 is 1.37 bits per heavy atom. The molecule has 8 nitrogen and oxygen atoms in total. The van der Waals surface area contributed by atoms with Crippen molar-refractivity contribution in [2.45, 2.75) is 57.0 Å². The van der Waals surface area contributed by atoms with Crippen molar-refractivity contribution in [3.63, 3.8) is 0 Å². The number of aliphatic hydroxyl groups is 1. The summed E-state index contributed by atoms with van der Waals surface area (Å²) >= 11 is 0. The lowest BCUT2D eigenvalue weighted by molar-refractivity contribution is -0.151. The van der Waals surface area contributed by atoms with Crippen LogP contribution in [-0.2, 0) is 33.3 Å². The van der Waals surface area contributed by atoms with Crippen LogP contribution in [0.4, 0.5) is 0 Å². The van der Waals surface area contributed by atoms with E-state index in [0.29, 0.717) is 12.8 Å². The summed E-state index contributed by atoms with van der Waals surface area (Å²) < 4.78 is 21.8. The van der Waals surface area contributed by atoms with Gasteiger partial charge in [0.1, 0.15) is 30.5 Å². The highest BCUT2D eigenvalue weighted by Gasteiger charge is 2.65. The summed E-state index contributed by atoms with van der Waals surface area (Å²) in [5.74, 6) is -2.08. The third kappa shape index (κ3) is 3.91. The highest BCUT2D eigenvalue weighted by molar-refractivity contribution is 5.91. The molecule has 2 heterocycles. The Hall–Kier alpha value is -2.19. The Morgan fingerprint density at radius 3 is 2.74 bits per heavy atom. The standard InChI is InChI=1S/C19H24O8/c1-10-15-14(25-12(3)22)7-13(8-24-11(2)21)5-4-6-19(9-20)17(27-19)16(15)26-18(10)23/h5,14-17,20H,1,4,6-9H2,2-3H3. The van der Waals surface area contributed by atoms with E-state index in [1.807, 2.05) is 6.08 Å². The summed E-state index contributed by atoms with van der Waals surface area (Å²) in [4.78, 5) is 35.0. The van der Waals surface area contributed by atoms with Crippen LogP contribution in [0.3, 0.4) is 0 Å². The monoisotopic (exact) mass is 380 g/mol. The van der Waals surface area contributed by atoms with Crippen LogP contribution in [-0.4, -0.2) is 60.1 Å². The van der Waals surface area contributed by atoms with Crippen molar-refractivity contribution < 1.29 is 38.4 Å². The number of epoxide rings is 1. The molecule has 0 aromatic heterocycles. The number of allylic oxidation sites excluding steroid dienone is 1. The molecule has 1 N–H and O–H groups in total. The SMILES string of the molecule is C=C1C(=O)OC2C1C(OC(C)=O)CC(COC(C)=O)=CCCC1(CO)OC21. The molecule has 27 heavy (non-hydrogen) atoms. The van der Waals surface area contributed by atoms with E-state index in [-0.39, 0.29) is 25.2 Å². The summed E-state index contributed by atoms with van der Waals surface area (Å²) in [6, 6.07) is 0. The Balaban J connectivity index is 1.94. The van der Waals surface area contributed by atoms with Gasteiger partial charge in [0.2, 0.25) is 0 Å². The molecule has 3 aliphatic rings. The fourth-order valence-corrected chi connectivity index (χ4v) is 3.92. The van der Waals surface area contributed by atoms with Gasteiger partial charge in [-0.15, -0.1) is 0 Å². The van der Waals surface area contributed by atoms with Gasteiger partial charge < -0.3 is 24.1 Å². The van der Waals surface area contributed by atoms with Crippen LogP contribution >= 0.6 is 0 Å². The van der Waals surface area contributed by atoms with Crippen LogP contribution in [0.15, 0.2) is 23.8 Å². The smallest absolute Gasteiger partial charge is 0.334 e. The minimum atomic E-state index is -0.797. The van der Waals surface area contributed by atoms with Gasteiger partial charge in [0.15, 0.2) is 0 Å². The summed E-state index contributed by atoms with van der Waals surface area (Å²) in [5.41, 5.74) is 0.171. The van der Waals surface area contributed by atoms with Crippen molar-refractivity contribution >= 4 is 17.9 Å². The van der Waals surface area contributed by atoms with Crippen LogP contribution in [0, 0.1) is 5.92 Å². The number of esters is 3. The molecule has 2 fully saturated rings. The quantitative estimate of drug-likeness (QED) is 0.251. The van der Waals surface area contributed by atoms with Crippen LogP contribution in [0.5, 0.6) is 0 Å². The van der Waals surface area contributed by atoms with E-state index in [1.165, 1.54) is 13.8 Å². The van der Waals surface area contributed by atoms with Gasteiger partial charge in [0, 0.05) is 25.8 Å². The molecule has 5 unspecified atom stereocenters. The van der Waals surface area contributed by atoms with Gasteiger partial charge in [-0.3, -0.25) is 9.59 Å². The van der Waals surface area contributed by atoms with E-state index in [0.717, 1.165) is 5.57 Å². The van der Waals surface area contributed by atoms with Crippen molar-refractivity contribution in [1.82, 2.24) is 0 Å². The Bertz CT molecular complexity index is 696. The number of carbonyl (C=O) groups excluding carboxylic acids is 3. The summed E-state index contributed by atoms with van der Waals surface area (Å²) in [5, 5.41) is 9.81. The van der Waals surface area contributed by atoms with E-state index >= 15 is 0 Å². The molecule has 1 aliphatic carbocycles. The van der Waals surface area contributed by atoms with Gasteiger partial charge in [-0.25, -0.2) is 4.79 Å². The molecule has 0 amide bonds. The Labute approximate surface area is 157 Å². The van der Waals surface area contributed by atoms with Gasteiger partial charge in [0.05, 0.1) is 12.5 Å². The highest BCUT2D eigenvalue weighted by atomic mass is 16.7. The zero-order chi connectivity index (χ0) is 19.8. The van der Waals surface area contributed by atoms with E-state index in [9.17, 15) is 19.5 Å². The molecule has 0 aromatic rings. The Morgan fingerprint density at radius 2 is 2.11 bits per heavy atom. The molecule has 2 saturated heterocycles. The third-order valence-corrected chi connectivity index (χ3v) is 5.29. The van der Waals surface area contributed by atoms with Crippen LogP contribution in [0.25, 0.3) is 0 Å². The zero-order valence-corrected chi connectivity index (χ0v) is 15.4. The van der Waals surface area contributed by atoms with Gasteiger partial charge >= 0.3 is 17.9 Å². The predicted molar refractivity (Wildman–Crippen MR) is 91.3 cm³/mol. The average molecular weight is 380 g/mol. The predicted octanol–water partition coefficient (Wildman–Crippen LogP) is 0.819. The molecule has 3 rings (SSSR count). The first kappa shape index (κ1) is 19.6. The normalized spacial score (nSPS) is 35.3. The molecular weight excluding hydrogens is 356 g/mol. The molecule has 2 aliphatic heterocycles. The maximum atomic E-state index is 12.2. The molecule has 148 valence electrons. The lowest BCUT2D eigenvalue weighted by Gasteiger charge is -2.28. The fourth-order valence-electron chi connectivity index (χ4n) is 3.92. The lowest BCUT2D eigenvalue weighted by atomic mass is 9.81. The molecule has 0 bridgehead atoms.